The Kier molecular flexibility index (Phi) is 6.04. The van der Waals surface area contributed by atoms with E-state index in [0.29, 0.717) is 10.9 Å². The predicted molar refractivity (Wildman–Crippen MR) is 173 cm³/mol. The molecule has 7 heteroatoms. The number of fused-ring (bicyclic) bond motifs is 2. The van der Waals surface area contributed by atoms with E-state index in [0.717, 1.165) is 77.5 Å². The first-order valence-electron chi connectivity index (χ1n) is 14.5. The van der Waals surface area contributed by atoms with Crippen molar-refractivity contribution in [3.63, 3.8) is 0 Å². The molecule has 8 aromatic rings. The van der Waals surface area contributed by atoms with Crippen LogP contribution in [0.25, 0.3) is 76.1 Å². The third kappa shape index (κ3) is 4.18. The number of ether oxygens (including phenoxy) is 1. The summed E-state index contributed by atoms with van der Waals surface area (Å²) in [5.41, 5.74) is -0.567. The Labute approximate surface area is 258 Å². The quantitative estimate of drug-likeness (QED) is 0.108. The minimum absolute atomic E-state index is 0.146. The molecule has 46 heavy (non-hydrogen) atoms. The molecule has 0 bridgehead atoms. The highest BCUT2D eigenvalue weighted by Gasteiger charge is 2.37. The van der Waals surface area contributed by atoms with Gasteiger partial charge in [-0.1, -0.05) is 97.1 Å². The number of methoxy groups -OCH3 is 1. The highest BCUT2D eigenvalue weighted by Crippen LogP contribution is 2.48. The number of halogens is 6. The molecule has 0 heterocycles. The highest BCUT2D eigenvalue weighted by atomic mass is 19.4. The van der Waals surface area contributed by atoms with Crippen molar-refractivity contribution in [3.8, 4) is 28.0 Å². The summed E-state index contributed by atoms with van der Waals surface area (Å²) in [7, 11) is 1.66. The second-order valence-corrected chi connectivity index (χ2v) is 11.4. The molecule has 8 rings (SSSR count). The number of hydrogen-bond donors (Lipinski definition) is 0. The Hall–Kier alpha value is -5.30. The second kappa shape index (κ2) is 9.85. The molecule has 1 nitrogen and oxygen atoms in total. The van der Waals surface area contributed by atoms with E-state index in [1.54, 1.807) is 25.3 Å². The number of alkyl halides is 6. The summed E-state index contributed by atoms with van der Waals surface area (Å²) in [5.74, 6) is 0.775. The van der Waals surface area contributed by atoms with Gasteiger partial charge in [-0.2, -0.15) is 26.3 Å². The van der Waals surface area contributed by atoms with Crippen LogP contribution in [0.5, 0.6) is 5.75 Å². The molecule has 226 valence electrons. The van der Waals surface area contributed by atoms with Crippen molar-refractivity contribution in [1.82, 2.24) is 0 Å². The van der Waals surface area contributed by atoms with Gasteiger partial charge in [0.15, 0.2) is 0 Å². The van der Waals surface area contributed by atoms with Crippen LogP contribution in [-0.2, 0) is 12.4 Å². The standard InChI is InChI=1S/C39H22F6O/c1-46-37-32-8-4-2-6-27(32)36(28-7-3-5-9-33(28)37)31-17-13-22-11-15-29-26(14-10-21-12-16-30(31)35(22)34(21)29)23-18-24(38(40,41)42)20-25(19-23)39(43,44)45/h2-20H,1H3. The average molecular weight is 621 g/mol. The van der Waals surface area contributed by atoms with Gasteiger partial charge in [-0.15, -0.1) is 0 Å². The fourth-order valence-electron chi connectivity index (χ4n) is 6.98. The van der Waals surface area contributed by atoms with Gasteiger partial charge in [0.25, 0.3) is 0 Å². The molecule has 0 unspecified atom stereocenters. The van der Waals surface area contributed by atoms with E-state index in [1.807, 2.05) is 60.7 Å². The minimum atomic E-state index is -4.95. The molecule has 0 saturated heterocycles. The summed E-state index contributed by atoms with van der Waals surface area (Å²) in [4.78, 5) is 0. The Morgan fingerprint density at radius 3 is 1.37 bits per heavy atom. The van der Waals surface area contributed by atoms with E-state index in [2.05, 4.69) is 18.2 Å². The van der Waals surface area contributed by atoms with Crippen molar-refractivity contribution in [3.05, 3.63) is 126 Å². The zero-order chi connectivity index (χ0) is 32.0. The van der Waals surface area contributed by atoms with Crippen LogP contribution in [0.15, 0.2) is 115 Å². The van der Waals surface area contributed by atoms with Gasteiger partial charge in [0.1, 0.15) is 5.75 Å². The van der Waals surface area contributed by atoms with E-state index in [9.17, 15) is 26.3 Å². The van der Waals surface area contributed by atoms with Crippen molar-refractivity contribution in [2.45, 2.75) is 12.4 Å². The van der Waals surface area contributed by atoms with Gasteiger partial charge in [0, 0.05) is 10.8 Å². The Morgan fingerprint density at radius 2 is 0.891 bits per heavy atom. The first kappa shape index (κ1) is 28.2. The maximum absolute atomic E-state index is 13.8. The molecule has 8 aromatic carbocycles. The highest BCUT2D eigenvalue weighted by molar-refractivity contribution is 6.29. The molecule has 0 aliphatic heterocycles. The molecular weight excluding hydrogens is 598 g/mol. The lowest BCUT2D eigenvalue weighted by Crippen LogP contribution is -2.11. The van der Waals surface area contributed by atoms with Crippen molar-refractivity contribution < 1.29 is 31.1 Å². The number of benzene rings is 8. The van der Waals surface area contributed by atoms with Crippen LogP contribution < -0.4 is 4.74 Å². The van der Waals surface area contributed by atoms with Crippen molar-refractivity contribution in [1.29, 1.82) is 0 Å². The monoisotopic (exact) mass is 620 g/mol. The maximum Gasteiger partial charge on any atom is 0.416 e. The zero-order valence-corrected chi connectivity index (χ0v) is 24.1. The first-order chi connectivity index (χ1) is 22.0. The Balaban J connectivity index is 1.47. The van der Waals surface area contributed by atoms with Gasteiger partial charge in [-0.05, 0) is 83.5 Å². The fourth-order valence-corrected chi connectivity index (χ4v) is 6.98. The van der Waals surface area contributed by atoms with Crippen LogP contribution in [0.4, 0.5) is 26.3 Å². The molecular formula is C39H22F6O. The lowest BCUT2D eigenvalue weighted by atomic mass is 9.84. The first-order valence-corrected chi connectivity index (χ1v) is 14.5. The molecule has 0 N–H and O–H groups in total. The molecule has 0 aromatic heterocycles. The lowest BCUT2D eigenvalue weighted by Gasteiger charge is -2.20. The molecule has 0 saturated carbocycles. The predicted octanol–water partition coefficient (Wildman–Crippen LogP) is 12.3. The normalized spacial score (nSPS) is 12.7. The molecule has 0 atom stereocenters. The summed E-state index contributed by atoms with van der Waals surface area (Å²) in [6.07, 6.45) is -9.89. The Morgan fingerprint density at radius 1 is 0.457 bits per heavy atom. The van der Waals surface area contributed by atoms with Gasteiger partial charge in [0.05, 0.1) is 18.2 Å². The summed E-state index contributed by atoms with van der Waals surface area (Å²) < 4.78 is 88.6. The molecule has 0 amide bonds. The summed E-state index contributed by atoms with van der Waals surface area (Å²) in [6.45, 7) is 0. The fraction of sp³-hybridized carbons (Fsp3) is 0.0769. The summed E-state index contributed by atoms with van der Waals surface area (Å²) >= 11 is 0. The van der Waals surface area contributed by atoms with Gasteiger partial charge in [0.2, 0.25) is 0 Å². The average Bonchev–Trinajstić information content (AvgIpc) is 3.05. The third-order valence-electron chi connectivity index (χ3n) is 8.92. The van der Waals surface area contributed by atoms with E-state index < -0.39 is 23.5 Å². The van der Waals surface area contributed by atoms with Gasteiger partial charge < -0.3 is 4.74 Å². The van der Waals surface area contributed by atoms with Crippen LogP contribution >= 0.6 is 0 Å². The molecule has 0 fully saturated rings. The molecule has 0 aliphatic rings. The van der Waals surface area contributed by atoms with Crippen LogP contribution in [0, 0.1) is 0 Å². The summed E-state index contributed by atoms with van der Waals surface area (Å²) in [5, 5.41) is 8.82. The molecule has 0 aliphatic carbocycles. The number of hydrogen-bond acceptors (Lipinski definition) is 1. The van der Waals surface area contributed by atoms with Crippen LogP contribution in [0.1, 0.15) is 11.1 Å². The van der Waals surface area contributed by atoms with E-state index >= 15 is 0 Å². The van der Waals surface area contributed by atoms with Crippen LogP contribution in [0.3, 0.4) is 0 Å². The summed E-state index contributed by atoms with van der Waals surface area (Å²) in [6, 6.07) is 32.9. The van der Waals surface area contributed by atoms with Gasteiger partial charge in [-0.3, -0.25) is 0 Å². The van der Waals surface area contributed by atoms with Crippen LogP contribution in [0.2, 0.25) is 0 Å². The largest absolute Gasteiger partial charge is 0.495 e. The third-order valence-corrected chi connectivity index (χ3v) is 8.92. The van der Waals surface area contributed by atoms with Crippen molar-refractivity contribution >= 4 is 53.9 Å². The van der Waals surface area contributed by atoms with Crippen LogP contribution in [-0.4, -0.2) is 7.11 Å². The van der Waals surface area contributed by atoms with Gasteiger partial charge >= 0.3 is 12.4 Å². The second-order valence-electron chi connectivity index (χ2n) is 11.4. The zero-order valence-electron chi connectivity index (χ0n) is 24.1. The lowest BCUT2D eigenvalue weighted by molar-refractivity contribution is -0.143. The van der Waals surface area contributed by atoms with E-state index in [1.165, 1.54) is 0 Å². The topological polar surface area (TPSA) is 9.23 Å². The molecule has 0 spiro atoms. The Bertz CT molecular complexity index is 2400. The molecule has 0 radical (unpaired) electrons. The van der Waals surface area contributed by atoms with E-state index in [-0.39, 0.29) is 11.6 Å². The SMILES string of the molecule is COc1c2ccccc2c(-c2ccc3ccc4c(-c5cc(C(F)(F)F)cc(C(F)(F)F)c5)ccc5ccc2c3c54)c2ccccc12. The van der Waals surface area contributed by atoms with Crippen molar-refractivity contribution in [2.75, 3.05) is 7.11 Å². The van der Waals surface area contributed by atoms with E-state index in [4.69, 9.17) is 4.74 Å². The smallest absolute Gasteiger partial charge is 0.416 e. The van der Waals surface area contributed by atoms with Crippen molar-refractivity contribution in [2.24, 2.45) is 0 Å². The number of rotatable bonds is 3. The maximum atomic E-state index is 13.8. The minimum Gasteiger partial charge on any atom is -0.495 e. The van der Waals surface area contributed by atoms with Gasteiger partial charge in [-0.25, -0.2) is 0 Å².